The van der Waals surface area contributed by atoms with Gasteiger partial charge in [-0.3, -0.25) is 9.59 Å². The van der Waals surface area contributed by atoms with Crippen LogP contribution in [0.3, 0.4) is 0 Å². The van der Waals surface area contributed by atoms with Gasteiger partial charge in [0.15, 0.2) is 5.78 Å². The van der Waals surface area contributed by atoms with Crippen molar-refractivity contribution >= 4 is 29.2 Å². The van der Waals surface area contributed by atoms with E-state index >= 15 is 0 Å². The number of carbonyl (C=O) groups is 3. The highest BCUT2D eigenvalue weighted by atomic mass is 19.4. The second kappa shape index (κ2) is 9.72. The highest BCUT2D eigenvalue weighted by molar-refractivity contribution is 6.04. The van der Waals surface area contributed by atoms with Crippen molar-refractivity contribution < 1.29 is 32.7 Å². The number of benzene rings is 3. The van der Waals surface area contributed by atoms with Crippen molar-refractivity contribution in [3.8, 4) is 11.1 Å². The van der Waals surface area contributed by atoms with Crippen LogP contribution >= 0.6 is 0 Å². The number of aryl methyl sites for hydroxylation is 2. The number of ketones is 1. The second-order valence-electron chi connectivity index (χ2n) is 9.52. The predicted octanol–water partition coefficient (Wildman–Crippen LogP) is 6.93. The monoisotopic (exact) mass is 510 g/mol. The molecule has 0 fully saturated rings. The Balaban J connectivity index is 1.46. The van der Waals surface area contributed by atoms with E-state index in [9.17, 15) is 32.7 Å². The van der Waals surface area contributed by atoms with Crippen LogP contribution < -0.4 is 10.6 Å². The zero-order valence-electron chi connectivity index (χ0n) is 20.2. The summed E-state index contributed by atoms with van der Waals surface area (Å²) in [6.07, 6.45) is -3.59. The Kier molecular flexibility index (Phi) is 6.82. The summed E-state index contributed by atoms with van der Waals surface area (Å²) in [5, 5.41) is 14.4. The number of carboxylic acids is 1. The first-order valence-corrected chi connectivity index (χ1v) is 11.6. The first-order chi connectivity index (χ1) is 17.4. The van der Waals surface area contributed by atoms with E-state index in [2.05, 4.69) is 10.6 Å². The van der Waals surface area contributed by atoms with Gasteiger partial charge in [-0.1, -0.05) is 31.2 Å². The summed E-state index contributed by atoms with van der Waals surface area (Å²) in [5.41, 5.74) is 3.11. The fraction of sp³-hybridized carbons (Fsp3) is 0.250. The van der Waals surface area contributed by atoms with Gasteiger partial charge in [0.05, 0.1) is 12.0 Å². The first kappa shape index (κ1) is 25.9. The maximum atomic E-state index is 13.0. The Morgan fingerprint density at radius 1 is 0.946 bits per heavy atom. The summed E-state index contributed by atoms with van der Waals surface area (Å²) in [6.45, 7) is 3.58. The van der Waals surface area contributed by atoms with Gasteiger partial charge in [0.2, 0.25) is 0 Å². The molecule has 0 saturated carbocycles. The number of anilines is 2. The topological polar surface area (TPSA) is 95.5 Å². The van der Waals surface area contributed by atoms with E-state index in [0.29, 0.717) is 24.1 Å². The van der Waals surface area contributed by atoms with Crippen molar-refractivity contribution in [3.05, 3.63) is 82.9 Å². The Morgan fingerprint density at radius 2 is 1.57 bits per heavy atom. The van der Waals surface area contributed by atoms with Crippen molar-refractivity contribution in [1.82, 2.24) is 0 Å². The average Bonchev–Trinajstić information content (AvgIpc) is 2.81. The lowest BCUT2D eigenvalue weighted by Gasteiger charge is -2.32. The fourth-order valence-electron chi connectivity index (χ4n) is 4.64. The molecule has 9 heteroatoms. The van der Waals surface area contributed by atoms with Crippen LogP contribution in [0.25, 0.3) is 11.1 Å². The molecule has 0 aliphatic heterocycles. The van der Waals surface area contributed by atoms with Crippen LogP contribution in [0.4, 0.5) is 29.3 Å². The van der Waals surface area contributed by atoms with Gasteiger partial charge in [0.25, 0.3) is 0 Å². The third-order valence-corrected chi connectivity index (χ3v) is 6.65. The van der Waals surface area contributed by atoms with Gasteiger partial charge >= 0.3 is 18.2 Å². The third-order valence-electron chi connectivity index (χ3n) is 6.65. The molecule has 1 aliphatic rings. The van der Waals surface area contributed by atoms with E-state index in [1.54, 1.807) is 25.1 Å². The molecule has 0 saturated heterocycles. The molecule has 3 aromatic carbocycles. The van der Waals surface area contributed by atoms with Crippen LogP contribution in [-0.4, -0.2) is 22.9 Å². The molecule has 1 unspecified atom stereocenters. The number of hydrogen-bond acceptors (Lipinski definition) is 3. The normalized spacial score (nSPS) is 17.2. The standard InChI is InChI=1S/C28H25F3N2O4/c1-16-13-21(33-26(37)32-20-6-4-19(5-7-20)28(29,30)31)8-10-22(16)17-3-9-23-18(14-17)11-12-27(2,25(23)36)15-24(34)35/h3-10,13-14H,11-12,15H2,1-2H3,(H,34,35)(H2,32,33,37). The van der Waals surface area contributed by atoms with Gasteiger partial charge in [0, 0.05) is 22.4 Å². The van der Waals surface area contributed by atoms with Crippen LogP contribution in [0.2, 0.25) is 0 Å². The van der Waals surface area contributed by atoms with Gasteiger partial charge in [0.1, 0.15) is 0 Å². The molecule has 37 heavy (non-hydrogen) atoms. The van der Waals surface area contributed by atoms with Crippen LogP contribution in [0.1, 0.15) is 46.8 Å². The number of fused-ring (bicyclic) bond motifs is 1. The maximum absolute atomic E-state index is 13.0. The van der Waals surface area contributed by atoms with Gasteiger partial charge in [-0.2, -0.15) is 13.2 Å². The lowest BCUT2D eigenvalue weighted by Crippen LogP contribution is -2.35. The Hall–Kier alpha value is -4.14. The van der Waals surface area contributed by atoms with E-state index in [1.807, 2.05) is 25.1 Å². The molecular formula is C28H25F3N2O4. The molecule has 3 N–H and O–H groups in total. The molecule has 0 heterocycles. The SMILES string of the molecule is Cc1cc(NC(=O)Nc2ccc(C(F)(F)F)cc2)ccc1-c1ccc2c(c1)CCC(C)(CC(=O)O)C2=O. The van der Waals surface area contributed by atoms with E-state index in [1.165, 1.54) is 12.1 Å². The van der Waals surface area contributed by atoms with Crippen molar-refractivity contribution in [2.45, 2.75) is 39.3 Å². The quantitative estimate of drug-likeness (QED) is 0.347. The van der Waals surface area contributed by atoms with E-state index in [4.69, 9.17) is 0 Å². The highest BCUT2D eigenvalue weighted by Gasteiger charge is 2.40. The molecule has 4 rings (SSSR count). The third kappa shape index (κ3) is 5.66. The van der Waals surface area contributed by atoms with Crippen LogP contribution in [-0.2, 0) is 17.4 Å². The summed E-state index contributed by atoms with van der Waals surface area (Å²) in [6, 6.07) is 14.4. The highest BCUT2D eigenvalue weighted by Crippen LogP contribution is 2.39. The number of nitrogens with one attached hydrogen (secondary N) is 2. The largest absolute Gasteiger partial charge is 0.481 e. The van der Waals surface area contributed by atoms with Crippen LogP contribution in [0.5, 0.6) is 0 Å². The van der Waals surface area contributed by atoms with Crippen LogP contribution in [0, 0.1) is 12.3 Å². The van der Waals surface area contributed by atoms with Gasteiger partial charge < -0.3 is 15.7 Å². The van der Waals surface area contributed by atoms with Crippen molar-refractivity contribution in [2.75, 3.05) is 10.6 Å². The number of urea groups is 1. The molecule has 3 aromatic rings. The van der Waals surface area contributed by atoms with Gasteiger partial charge in [-0.15, -0.1) is 0 Å². The minimum Gasteiger partial charge on any atom is -0.481 e. The van der Waals surface area contributed by atoms with E-state index in [-0.39, 0.29) is 17.9 Å². The molecule has 1 atom stereocenters. The number of rotatable bonds is 5. The maximum Gasteiger partial charge on any atom is 0.416 e. The lowest BCUT2D eigenvalue weighted by molar-refractivity contribution is -0.139. The Bertz CT molecular complexity index is 1380. The van der Waals surface area contributed by atoms with Gasteiger partial charge in [-0.25, -0.2) is 4.79 Å². The van der Waals surface area contributed by atoms with Gasteiger partial charge in [-0.05, 0) is 78.4 Å². The molecule has 192 valence electrons. The molecule has 0 spiro atoms. The second-order valence-corrected chi connectivity index (χ2v) is 9.52. The zero-order valence-corrected chi connectivity index (χ0v) is 20.2. The minimum absolute atomic E-state index is 0.155. The number of aliphatic carboxylic acids is 1. The number of hydrogen-bond donors (Lipinski definition) is 3. The van der Waals surface area contributed by atoms with E-state index < -0.39 is 29.2 Å². The molecule has 0 aromatic heterocycles. The van der Waals surface area contributed by atoms with E-state index in [0.717, 1.165) is 34.4 Å². The summed E-state index contributed by atoms with van der Waals surface area (Å²) in [4.78, 5) is 36.5. The molecular weight excluding hydrogens is 485 g/mol. The predicted molar refractivity (Wildman–Crippen MR) is 134 cm³/mol. The number of carboxylic acid groups (broad SMARTS) is 1. The van der Waals surface area contributed by atoms with Crippen molar-refractivity contribution in [2.24, 2.45) is 5.41 Å². The zero-order chi connectivity index (χ0) is 27.0. The first-order valence-electron chi connectivity index (χ1n) is 11.6. The number of halogens is 3. The number of alkyl halides is 3. The molecule has 0 bridgehead atoms. The number of amides is 2. The summed E-state index contributed by atoms with van der Waals surface area (Å²) in [5.74, 6) is -1.15. The average molecular weight is 511 g/mol. The molecule has 2 amide bonds. The summed E-state index contributed by atoms with van der Waals surface area (Å²) >= 11 is 0. The van der Waals surface area contributed by atoms with Crippen molar-refractivity contribution in [1.29, 1.82) is 0 Å². The summed E-state index contributed by atoms with van der Waals surface area (Å²) < 4.78 is 38.1. The lowest BCUT2D eigenvalue weighted by atomic mass is 9.69. The fourth-order valence-corrected chi connectivity index (χ4v) is 4.64. The molecule has 0 radical (unpaired) electrons. The number of carbonyl (C=O) groups excluding carboxylic acids is 2. The van der Waals surface area contributed by atoms with Crippen LogP contribution in [0.15, 0.2) is 60.7 Å². The minimum atomic E-state index is -4.45. The summed E-state index contributed by atoms with van der Waals surface area (Å²) in [7, 11) is 0. The molecule has 1 aliphatic carbocycles. The Morgan fingerprint density at radius 3 is 2.19 bits per heavy atom. The molecule has 6 nitrogen and oxygen atoms in total. The Labute approximate surface area is 211 Å². The number of Topliss-reactive ketones (excluding diaryl/α,β-unsaturated/α-hetero) is 1. The van der Waals surface area contributed by atoms with Crippen molar-refractivity contribution in [3.63, 3.8) is 0 Å². The smallest absolute Gasteiger partial charge is 0.416 e.